The maximum Gasteiger partial charge on any atom is 0.410 e. The molecular weight excluding hydrogens is 218 g/mol. The Morgan fingerprint density at radius 2 is 2.06 bits per heavy atom. The van der Waals surface area contributed by atoms with E-state index in [0.717, 1.165) is 6.42 Å². The van der Waals surface area contributed by atoms with Crippen molar-refractivity contribution in [3.05, 3.63) is 0 Å². The van der Waals surface area contributed by atoms with Crippen LogP contribution < -0.4 is 0 Å². The first-order chi connectivity index (χ1) is 7.72. The van der Waals surface area contributed by atoms with Crippen molar-refractivity contribution in [2.24, 2.45) is 11.8 Å². The fraction of sp³-hybridized carbons (Fsp3) is 0.923. The van der Waals surface area contributed by atoms with E-state index >= 15 is 0 Å². The predicted molar refractivity (Wildman–Crippen MR) is 64.6 cm³/mol. The highest BCUT2D eigenvalue weighted by molar-refractivity contribution is 5.70. The molecule has 17 heavy (non-hydrogen) atoms. The summed E-state index contributed by atoms with van der Waals surface area (Å²) < 4.78 is 5.42. The molecule has 1 aliphatic heterocycles. The van der Waals surface area contributed by atoms with Gasteiger partial charge in [0.1, 0.15) is 5.60 Å². The van der Waals surface area contributed by atoms with Crippen LogP contribution in [0, 0.1) is 11.8 Å². The molecule has 98 valence electrons. The zero-order valence-corrected chi connectivity index (χ0v) is 11.3. The number of carbonyl (C=O) groups excluding carboxylic acids is 1. The number of rotatable bonds is 1. The molecule has 0 spiro atoms. The average Bonchev–Trinajstić information content (AvgIpc) is 2.61. The molecule has 2 aliphatic rings. The molecule has 1 saturated heterocycles. The maximum atomic E-state index is 12.2. The number of aliphatic hydroxyl groups excluding tert-OH is 1. The highest BCUT2D eigenvalue weighted by Gasteiger charge is 2.61. The Morgan fingerprint density at radius 3 is 2.53 bits per heavy atom. The normalized spacial score (nSPS) is 37.6. The fourth-order valence-corrected chi connectivity index (χ4v) is 2.95. The lowest BCUT2D eigenvalue weighted by Gasteiger charge is -2.32. The SMILES string of the molecule is C[C@H]1[C@H]2C[C@@H]([C@H](C)O)N(C(=O)OC(C)(C)C)[C@@H]12. The molecule has 4 heteroatoms. The highest BCUT2D eigenvalue weighted by Crippen LogP contribution is 2.53. The number of amides is 1. The zero-order valence-electron chi connectivity index (χ0n) is 11.3. The number of carbonyl (C=O) groups is 1. The minimum atomic E-state index is -0.484. The van der Waals surface area contributed by atoms with Gasteiger partial charge in [0.05, 0.1) is 12.1 Å². The summed E-state index contributed by atoms with van der Waals surface area (Å²) >= 11 is 0. The smallest absolute Gasteiger partial charge is 0.410 e. The molecule has 0 radical (unpaired) electrons. The van der Waals surface area contributed by atoms with E-state index in [9.17, 15) is 9.90 Å². The summed E-state index contributed by atoms with van der Waals surface area (Å²) in [5, 5.41) is 9.74. The van der Waals surface area contributed by atoms with Crippen LogP contribution in [0.15, 0.2) is 0 Å². The number of nitrogens with zero attached hydrogens (tertiary/aromatic N) is 1. The van der Waals surface area contributed by atoms with E-state index in [4.69, 9.17) is 4.74 Å². The molecule has 1 amide bonds. The third-order valence-electron chi connectivity index (χ3n) is 3.87. The predicted octanol–water partition coefficient (Wildman–Crippen LogP) is 2.01. The largest absolute Gasteiger partial charge is 0.444 e. The molecule has 0 unspecified atom stereocenters. The van der Waals surface area contributed by atoms with Crippen LogP contribution in [-0.4, -0.2) is 39.9 Å². The Balaban J connectivity index is 2.08. The summed E-state index contributed by atoms with van der Waals surface area (Å²) in [4.78, 5) is 13.9. The maximum absolute atomic E-state index is 12.2. The Kier molecular flexibility index (Phi) is 2.89. The van der Waals surface area contributed by atoms with E-state index in [1.807, 2.05) is 20.8 Å². The highest BCUT2D eigenvalue weighted by atomic mass is 16.6. The van der Waals surface area contributed by atoms with Gasteiger partial charge >= 0.3 is 6.09 Å². The number of piperidine rings is 1. The number of hydrogen-bond donors (Lipinski definition) is 1. The molecule has 1 aliphatic carbocycles. The molecule has 1 saturated carbocycles. The second kappa shape index (κ2) is 3.87. The van der Waals surface area contributed by atoms with Crippen molar-refractivity contribution in [1.82, 2.24) is 4.90 Å². The Labute approximate surface area is 103 Å². The van der Waals surface area contributed by atoms with Gasteiger partial charge in [-0.25, -0.2) is 4.79 Å². The lowest BCUT2D eigenvalue weighted by Crippen LogP contribution is -2.47. The first-order valence-electron chi connectivity index (χ1n) is 6.42. The van der Waals surface area contributed by atoms with Crippen molar-refractivity contribution in [1.29, 1.82) is 0 Å². The lowest BCUT2D eigenvalue weighted by molar-refractivity contribution is -0.000285. The van der Waals surface area contributed by atoms with Crippen LogP contribution in [0.4, 0.5) is 4.79 Å². The zero-order chi connectivity index (χ0) is 13.0. The quantitative estimate of drug-likeness (QED) is 0.764. The average molecular weight is 241 g/mol. The summed E-state index contributed by atoms with van der Waals surface area (Å²) in [6.07, 6.45) is 0.144. The standard InChI is InChI=1S/C13H23NO3/c1-7-9-6-10(8(2)15)14(11(7)9)12(16)17-13(3,4)5/h7-11,15H,6H2,1-5H3/t7-,8-,9+,10-,11-/m0/s1. The molecule has 5 atom stereocenters. The molecule has 0 aromatic heterocycles. The molecule has 2 fully saturated rings. The van der Waals surface area contributed by atoms with E-state index in [1.165, 1.54) is 0 Å². The topological polar surface area (TPSA) is 49.8 Å². The van der Waals surface area contributed by atoms with Crippen LogP contribution in [0.5, 0.6) is 0 Å². The van der Waals surface area contributed by atoms with E-state index in [0.29, 0.717) is 11.8 Å². The minimum Gasteiger partial charge on any atom is -0.444 e. The van der Waals surface area contributed by atoms with Crippen LogP contribution in [0.2, 0.25) is 0 Å². The van der Waals surface area contributed by atoms with Crippen LogP contribution in [0.25, 0.3) is 0 Å². The molecule has 0 aromatic carbocycles. The third kappa shape index (κ3) is 2.28. The number of likely N-dealkylation sites (tertiary alicyclic amines) is 1. The Morgan fingerprint density at radius 1 is 1.47 bits per heavy atom. The van der Waals surface area contributed by atoms with Crippen LogP contribution in [0.3, 0.4) is 0 Å². The van der Waals surface area contributed by atoms with Crippen molar-refractivity contribution >= 4 is 6.09 Å². The summed E-state index contributed by atoms with van der Waals surface area (Å²) in [7, 11) is 0. The van der Waals surface area contributed by atoms with Crippen molar-refractivity contribution in [3.63, 3.8) is 0 Å². The van der Waals surface area contributed by atoms with E-state index in [1.54, 1.807) is 11.8 Å². The molecule has 2 rings (SSSR count). The van der Waals surface area contributed by atoms with Gasteiger partial charge in [-0.2, -0.15) is 0 Å². The van der Waals surface area contributed by atoms with Gasteiger partial charge < -0.3 is 9.84 Å². The van der Waals surface area contributed by atoms with Crippen molar-refractivity contribution in [2.75, 3.05) is 0 Å². The third-order valence-corrected chi connectivity index (χ3v) is 3.87. The van der Waals surface area contributed by atoms with Gasteiger partial charge in [0.2, 0.25) is 0 Å². The van der Waals surface area contributed by atoms with Crippen molar-refractivity contribution < 1.29 is 14.6 Å². The minimum absolute atomic E-state index is 0.0731. The molecule has 0 aromatic rings. The number of aliphatic hydroxyl groups is 1. The molecule has 1 heterocycles. The van der Waals surface area contributed by atoms with E-state index < -0.39 is 11.7 Å². The lowest BCUT2D eigenvalue weighted by atomic mass is 10.1. The summed E-state index contributed by atoms with van der Waals surface area (Å²) in [5.74, 6) is 1.11. The van der Waals surface area contributed by atoms with Gasteiger partial charge in [0, 0.05) is 6.04 Å². The molecule has 0 bridgehead atoms. The summed E-state index contributed by atoms with van der Waals surface area (Å²) in [5.41, 5.74) is -0.476. The molecular formula is C13H23NO3. The Bertz CT molecular complexity index is 321. The van der Waals surface area contributed by atoms with Crippen LogP contribution >= 0.6 is 0 Å². The number of ether oxygens (including phenoxy) is 1. The van der Waals surface area contributed by atoms with E-state index in [2.05, 4.69) is 6.92 Å². The Hall–Kier alpha value is -0.770. The van der Waals surface area contributed by atoms with Crippen LogP contribution in [-0.2, 0) is 4.74 Å². The van der Waals surface area contributed by atoms with Gasteiger partial charge in [-0.15, -0.1) is 0 Å². The van der Waals surface area contributed by atoms with Crippen molar-refractivity contribution in [2.45, 2.75) is 64.8 Å². The number of fused-ring (bicyclic) bond motifs is 1. The van der Waals surface area contributed by atoms with E-state index in [-0.39, 0.29) is 18.2 Å². The second-order valence-corrected chi connectivity index (χ2v) is 6.44. The molecule has 4 nitrogen and oxygen atoms in total. The second-order valence-electron chi connectivity index (χ2n) is 6.44. The summed E-state index contributed by atoms with van der Waals surface area (Å²) in [6, 6.07) is 0.209. The first kappa shape index (κ1) is 12.7. The van der Waals surface area contributed by atoms with Gasteiger partial charge in [-0.05, 0) is 46.0 Å². The summed E-state index contributed by atoms with van der Waals surface area (Å²) in [6.45, 7) is 9.51. The van der Waals surface area contributed by atoms with Crippen LogP contribution in [0.1, 0.15) is 41.0 Å². The fourth-order valence-electron chi connectivity index (χ4n) is 2.95. The van der Waals surface area contributed by atoms with Gasteiger partial charge in [0.15, 0.2) is 0 Å². The number of hydrogen-bond acceptors (Lipinski definition) is 3. The molecule has 1 N–H and O–H groups in total. The van der Waals surface area contributed by atoms with Gasteiger partial charge in [0.25, 0.3) is 0 Å². The first-order valence-corrected chi connectivity index (χ1v) is 6.42. The monoisotopic (exact) mass is 241 g/mol. The van der Waals surface area contributed by atoms with Gasteiger partial charge in [-0.3, -0.25) is 4.90 Å². The van der Waals surface area contributed by atoms with Crippen molar-refractivity contribution in [3.8, 4) is 0 Å². The van der Waals surface area contributed by atoms with Gasteiger partial charge in [-0.1, -0.05) is 6.92 Å².